The first-order valence-corrected chi connectivity index (χ1v) is 19.9. The smallest absolute Gasteiger partial charge is 0.234 e. The van der Waals surface area contributed by atoms with Crippen molar-refractivity contribution in [2.75, 3.05) is 70.1 Å². The normalized spacial score (nSPS) is 20.9. The number of hydrogen-bond acceptors (Lipinski definition) is 12. The number of imide groups is 1. The van der Waals surface area contributed by atoms with E-state index in [4.69, 9.17) is 4.98 Å². The van der Waals surface area contributed by atoms with Crippen LogP contribution in [0.5, 0.6) is 0 Å². The number of rotatable bonds is 9. The molecule has 4 aromatic rings. The van der Waals surface area contributed by atoms with Gasteiger partial charge in [-0.05, 0) is 87.0 Å². The molecule has 8 rings (SSSR count). The van der Waals surface area contributed by atoms with E-state index in [-0.39, 0.29) is 17.7 Å². The molecule has 4 aromatic heterocycles. The number of nitriles is 1. The summed E-state index contributed by atoms with van der Waals surface area (Å²) in [7, 11) is 3.71. The van der Waals surface area contributed by atoms with Crippen LogP contribution in [0.1, 0.15) is 44.1 Å². The van der Waals surface area contributed by atoms with Gasteiger partial charge in [0.2, 0.25) is 16.9 Å². The molecule has 2 N–H and O–H groups in total. The van der Waals surface area contributed by atoms with Gasteiger partial charge in [0.05, 0.1) is 40.1 Å². The third-order valence-electron chi connectivity index (χ3n) is 11.8. The predicted molar refractivity (Wildman–Crippen MR) is 214 cm³/mol. The predicted octanol–water partition coefficient (Wildman–Crippen LogP) is 4.64. The minimum Gasteiger partial charge on any atom is -0.387 e. The molecule has 15 heteroatoms. The Morgan fingerprint density at radius 3 is 2.64 bits per heavy atom. The molecule has 4 aliphatic heterocycles. The molecule has 0 aromatic carbocycles. The number of hydrogen-bond donors (Lipinski definition) is 2. The number of fused-ring (bicyclic) bond motifs is 1. The average molecular weight is 759 g/mol. The van der Waals surface area contributed by atoms with Gasteiger partial charge in [-0.1, -0.05) is 24.0 Å². The Balaban J connectivity index is 0.801. The van der Waals surface area contributed by atoms with Gasteiger partial charge in [-0.15, -0.1) is 10.2 Å². The van der Waals surface area contributed by atoms with Gasteiger partial charge >= 0.3 is 0 Å². The number of carbonyl (C=O) groups is 2. The van der Waals surface area contributed by atoms with Crippen molar-refractivity contribution >= 4 is 45.3 Å². The maximum atomic E-state index is 12.2. The van der Waals surface area contributed by atoms with Gasteiger partial charge in [-0.25, -0.2) is 4.52 Å². The summed E-state index contributed by atoms with van der Waals surface area (Å²) in [6, 6.07) is 9.87. The maximum Gasteiger partial charge on any atom is 0.234 e. The van der Waals surface area contributed by atoms with E-state index < -0.39 is 0 Å². The molecule has 0 aliphatic carbocycles. The maximum absolute atomic E-state index is 12.2. The zero-order valence-corrected chi connectivity index (χ0v) is 32.2. The molecule has 55 heavy (non-hydrogen) atoms. The number of pyridine rings is 1. The van der Waals surface area contributed by atoms with Crippen molar-refractivity contribution in [2.45, 2.75) is 38.5 Å². The molecule has 0 unspecified atom stereocenters. The lowest BCUT2D eigenvalue weighted by Crippen LogP contribution is -2.60. The Labute approximate surface area is 324 Å². The molecule has 4 fully saturated rings. The second kappa shape index (κ2) is 15.3. The highest BCUT2D eigenvalue weighted by Gasteiger charge is 2.46. The highest BCUT2D eigenvalue weighted by atomic mass is 32.1. The lowest BCUT2D eigenvalue weighted by molar-refractivity contribution is -0.135. The number of allylic oxidation sites excluding steroid dienone is 1. The SMILES string of the molecule is C=C(/C=C\C(=N/C)N1CCC(CN2CCC3(CC2)CN(c2nnc(-c4cnc(-c5ccc6cc(C#N)cnn56)cc4NC)s2)C3)CC1)[C@@H]1CCC(=O)NC1=O. The number of nitrogens with zero attached hydrogens (tertiary/aromatic N) is 10. The summed E-state index contributed by atoms with van der Waals surface area (Å²) in [5, 5.41) is 30.4. The highest BCUT2D eigenvalue weighted by Crippen LogP contribution is 2.45. The molecular weight excluding hydrogens is 713 g/mol. The molecule has 0 radical (unpaired) electrons. The van der Waals surface area contributed by atoms with E-state index in [9.17, 15) is 14.9 Å². The van der Waals surface area contributed by atoms with Crippen molar-refractivity contribution in [3.8, 4) is 28.0 Å². The topological polar surface area (TPSA) is 160 Å². The minimum atomic E-state index is -0.361. The molecule has 4 aliphatic rings. The second-order valence-corrected chi connectivity index (χ2v) is 16.2. The molecule has 0 bridgehead atoms. The number of anilines is 2. The van der Waals surface area contributed by atoms with Gasteiger partial charge in [0.15, 0.2) is 5.01 Å². The van der Waals surface area contributed by atoms with E-state index in [2.05, 4.69) is 58.3 Å². The number of aromatic nitrogens is 5. The highest BCUT2D eigenvalue weighted by molar-refractivity contribution is 7.18. The van der Waals surface area contributed by atoms with Crippen molar-refractivity contribution in [3.63, 3.8) is 0 Å². The van der Waals surface area contributed by atoms with E-state index in [1.54, 1.807) is 22.0 Å². The van der Waals surface area contributed by atoms with Gasteiger partial charge in [0.25, 0.3) is 0 Å². The number of likely N-dealkylation sites (tertiary alicyclic amines) is 2. The summed E-state index contributed by atoms with van der Waals surface area (Å²) in [5.74, 6) is 0.756. The van der Waals surface area contributed by atoms with E-state index in [0.29, 0.717) is 35.3 Å². The fraction of sp³-hybridized carbons (Fsp3) is 0.450. The van der Waals surface area contributed by atoms with Crippen LogP contribution in [-0.4, -0.2) is 112 Å². The second-order valence-electron chi connectivity index (χ2n) is 15.2. The van der Waals surface area contributed by atoms with Crippen LogP contribution in [0.25, 0.3) is 27.5 Å². The summed E-state index contributed by atoms with van der Waals surface area (Å²) in [6.07, 6.45) is 12.8. The first-order chi connectivity index (χ1) is 26.7. The van der Waals surface area contributed by atoms with E-state index in [1.807, 2.05) is 56.7 Å². The van der Waals surface area contributed by atoms with Crippen LogP contribution in [-0.2, 0) is 9.59 Å². The van der Waals surface area contributed by atoms with Gasteiger partial charge in [0.1, 0.15) is 11.9 Å². The summed E-state index contributed by atoms with van der Waals surface area (Å²) in [6.45, 7) is 11.5. The van der Waals surface area contributed by atoms with E-state index in [0.717, 1.165) is 103 Å². The number of amides is 2. The Morgan fingerprint density at radius 1 is 1.11 bits per heavy atom. The van der Waals surface area contributed by atoms with E-state index in [1.165, 1.54) is 12.8 Å². The summed E-state index contributed by atoms with van der Waals surface area (Å²) < 4.78 is 1.80. The van der Waals surface area contributed by atoms with Crippen molar-refractivity contribution in [2.24, 2.45) is 22.2 Å². The van der Waals surface area contributed by atoms with Gasteiger partial charge < -0.3 is 20.0 Å². The number of nitrogens with one attached hydrogen (secondary N) is 2. The Hall–Kier alpha value is -5.46. The Morgan fingerprint density at radius 2 is 1.91 bits per heavy atom. The Bertz CT molecular complexity index is 2210. The number of amidine groups is 1. The first kappa shape index (κ1) is 36.5. The fourth-order valence-electron chi connectivity index (χ4n) is 8.48. The molecule has 14 nitrogen and oxygen atoms in total. The van der Waals surface area contributed by atoms with Crippen LogP contribution in [0.2, 0.25) is 0 Å². The summed E-state index contributed by atoms with van der Waals surface area (Å²) in [4.78, 5) is 40.4. The van der Waals surface area contributed by atoms with Crippen LogP contribution in [0.3, 0.4) is 0 Å². The quantitative estimate of drug-likeness (QED) is 0.106. The molecule has 1 atom stereocenters. The zero-order valence-electron chi connectivity index (χ0n) is 31.4. The Kier molecular flexibility index (Phi) is 10.2. The van der Waals surface area contributed by atoms with Crippen LogP contribution in [0.15, 0.2) is 66.0 Å². The van der Waals surface area contributed by atoms with E-state index >= 15 is 0 Å². The molecule has 0 saturated carbocycles. The van der Waals surface area contributed by atoms with Crippen molar-refractivity contribution in [3.05, 3.63) is 66.5 Å². The van der Waals surface area contributed by atoms with Crippen LogP contribution < -0.4 is 15.5 Å². The molecule has 1 spiro atoms. The van der Waals surface area contributed by atoms with Crippen LogP contribution >= 0.6 is 11.3 Å². The molecule has 284 valence electrons. The van der Waals surface area contributed by atoms with Crippen LogP contribution in [0, 0.1) is 28.6 Å². The van der Waals surface area contributed by atoms with Gasteiger partial charge in [0, 0.05) is 70.5 Å². The number of carbonyl (C=O) groups excluding carboxylic acids is 2. The van der Waals surface area contributed by atoms with Crippen molar-refractivity contribution in [1.29, 1.82) is 5.26 Å². The molecular formula is C40H46N12O2S. The number of piperidine rings is 3. The van der Waals surface area contributed by atoms with Gasteiger partial charge in [-0.3, -0.25) is 24.9 Å². The first-order valence-electron chi connectivity index (χ1n) is 19.0. The molecule has 2 amide bonds. The largest absolute Gasteiger partial charge is 0.387 e. The van der Waals surface area contributed by atoms with Crippen LogP contribution in [0.4, 0.5) is 10.8 Å². The van der Waals surface area contributed by atoms with Crippen molar-refractivity contribution < 1.29 is 9.59 Å². The molecule has 4 saturated heterocycles. The monoisotopic (exact) mass is 758 g/mol. The lowest BCUT2D eigenvalue weighted by Gasteiger charge is -2.54. The summed E-state index contributed by atoms with van der Waals surface area (Å²) in [5.41, 5.74) is 5.88. The summed E-state index contributed by atoms with van der Waals surface area (Å²) >= 11 is 1.61. The zero-order chi connectivity index (χ0) is 38.1. The average Bonchev–Trinajstić information content (AvgIpc) is 3.85. The minimum absolute atomic E-state index is 0.212. The fourth-order valence-corrected chi connectivity index (χ4v) is 9.35. The number of aliphatic imine (C=N–C) groups is 1. The van der Waals surface area contributed by atoms with Crippen molar-refractivity contribution in [1.82, 2.24) is 39.9 Å². The standard InChI is InChI=1S/C40H46N12O2S/c1-26(30-6-9-36(53)46-37(30)54)4-8-35(43-3)50-14-10-27(11-15-50)23-49-16-12-40(13-17-49)24-51(25-40)39-48-47-38(55-39)31-22-44-33(19-32(31)42-2)34-7-5-29-18-28(20-41)21-45-52(29)34/h4-5,7-8,18-19,21-22,27,30H,1,6,9-17,23-25H2,2-3H3,(H,42,44)(H,46,53,54)/b8-4-,43-35+/t30-/m0/s1. The third-order valence-corrected chi connectivity index (χ3v) is 12.8. The molecule has 8 heterocycles. The third kappa shape index (κ3) is 7.48. The van der Waals surface area contributed by atoms with Gasteiger partial charge in [-0.2, -0.15) is 10.4 Å². The lowest BCUT2D eigenvalue weighted by atomic mass is 9.72.